The molecule has 2 N–H and O–H groups in total. The molecule has 2 aromatic rings. The van der Waals surface area contributed by atoms with Crippen LogP contribution >= 0.6 is 0 Å². The fourth-order valence-electron chi connectivity index (χ4n) is 1.53. The normalized spacial score (nSPS) is 10.1. The van der Waals surface area contributed by atoms with E-state index in [2.05, 4.69) is 5.32 Å². The molecule has 0 saturated heterocycles. The number of ether oxygens (including phenoxy) is 1. The van der Waals surface area contributed by atoms with Gasteiger partial charge < -0.3 is 19.6 Å². The number of halogens is 1. The van der Waals surface area contributed by atoms with Crippen LogP contribution in [0.25, 0.3) is 0 Å². The van der Waals surface area contributed by atoms with Crippen molar-refractivity contribution in [1.29, 1.82) is 0 Å². The predicted molar refractivity (Wildman–Crippen MR) is 66.6 cm³/mol. The van der Waals surface area contributed by atoms with Gasteiger partial charge in [0.1, 0.15) is 11.6 Å². The van der Waals surface area contributed by atoms with Crippen LogP contribution in [0.4, 0.5) is 10.1 Å². The SMILES string of the molecule is COc1cc(F)ccc1NC(=O)c1ccc(C(=O)O)o1. The second kappa shape index (κ2) is 5.43. The molecule has 0 aliphatic rings. The van der Waals surface area contributed by atoms with Gasteiger partial charge in [0.15, 0.2) is 5.76 Å². The Balaban J connectivity index is 2.20. The van der Waals surface area contributed by atoms with Crippen LogP contribution in [0, 0.1) is 5.82 Å². The lowest BCUT2D eigenvalue weighted by Gasteiger charge is -2.08. The number of benzene rings is 1. The Labute approximate surface area is 112 Å². The average Bonchev–Trinajstić information content (AvgIpc) is 2.90. The first-order valence-electron chi connectivity index (χ1n) is 5.49. The third-order valence-corrected chi connectivity index (χ3v) is 2.45. The van der Waals surface area contributed by atoms with Crippen LogP contribution in [-0.2, 0) is 0 Å². The highest BCUT2D eigenvalue weighted by atomic mass is 19.1. The summed E-state index contributed by atoms with van der Waals surface area (Å²) in [4.78, 5) is 22.5. The maximum absolute atomic E-state index is 13.0. The van der Waals surface area contributed by atoms with Crippen molar-refractivity contribution in [3.63, 3.8) is 0 Å². The number of hydrogen-bond acceptors (Lipinski definition) is 4. The lowest BCUT2D eigenvalue weighted by atomic mass is 10.2. The molecule has 0 unspecified atom stereocenters. The van der Waals surface area contributed by atoms with Crippen LogP contribution in [0.3, 0.4) is 0 Å². The van der Waals surface area contributed by atoms with Gasteiger partial charge in [0.25, 0.3) is 5.91 Å². The highest BCUT2D eigenvalue weighted by molar-refractivity contribution is 6.03. The monoisotopic (exact) mass is 279 g/mol. The number of carbonyl (C=O) groups excluding carboxylic acids is 1. The second-order valence-corrected chi connectivity index (χ2v) is 3.77. The van der Waals surface area contributed by atoms with Crippen molar-refractivity contribution in [3.05, 3.63) is 47.7 Å². The van der Waals surface area contributed by atoms with E-state index in [1.807, 2.05) is 0 Å². The number of methoxy groups -OCH3 is 1. The van der Waals surface area contributed by atoms with Gasteiger partial charge in [-0.15, -0.1) is 0 Å². The fraction of sp³-hybridized carbons (Fsp3) is 0.0769. The summed E-state index contributed by atoms with van der Waals surface area (Å²) >= 11 is 0. The molecular formula is C13H10FNO5. The Bertz CT molecular complexity index is 665. The van der Waals surface area contributed by atoms with Crippen molar-refractivity contribution in [2.45, 2.75) is 0 Å². The van der Waals surface area contributed by atoms with Crippen LogP contribution in [-0.4, -0.2) is 24.1 Å². The van der Waals surface area contributed by atoms with Gasteiger partial charge in [-0.1, -0.05) is 0 Å². The average molecular weight is 279 g/mol. The Morgan fingerprint density at radius 1 is 1.25 bits per heavy atom. The first-order valence-corrected chi connectivity index (χ1v) is 5.49. The van der Waals surface area contributed by atoms with Crippen molar-refractivity contribution < 1.29 is 28.2 Å². The van der Waals surface area contributed by atoms with Crippen molar-refractivity contribution in [1.82, 2.24) is 0 Å². The number of carbonyl (C=O) groups is 2. The zero-order valence-electron chi connectivity index (χ0n) is 10.3. The fourth-order valence-corrected chi connectivity index (χ4v) is 1.53. The molecule has 1 aromatic heterocycles. The molecule has 1 heterocycles. The van der Waals surface area contributed by atoms with E-state index in [4.69, 9.17) is 14.3 Å². The number of hydrogen-bond donors (Lipinski definition) is 2. The Hall–Kier alpha value is -2.83. The summed E-state index contributed by atoms with van der Waals surface area (Å²) in [5, 5.41) is 11.1. The lowest BCUT2D eigenvalue weighted by molar-refractivity contribution is 0.0660. The molecule has 0 spiro atoms. The number of rotatable bonds is 4. The number of carboxylic acid groups (broad SMARTS) is 1. The molecule has 0 radical (unpaired) electrons. The summed E-state index contributed by atoms with van der Waals surface area (Å²) in [6.07, 6.45) is 0. The molecule has 6 nitrogen and oxygen atoms in total. The lowest BCUT2D eigenvalue weighted by Crippen LogP contribution is -2.12. The van der Waals surface area contributed by atoms with E-state index < -0.39 is 17.7 Å². The van der Waals surface area contributed by atoms with Gasteiger partial charge in [-0.25, -0.2) is 9.18 Å². The zero-order valence-corrected chi connectivity index (χ0v) is 10.3. The van der Waals surface area contributed by atoms with Crippen LogP contribution < -0.4 is 10.1 Å². The van der Waals surface area contributed by atoms with Crippen LogP contribution in [0.15, 0.2) is 34.7 Å². The van der Waals surface area contributed by atoms with Crippen molar-refractivity contribution in [2.75, 3.05) is 12.4 Å². The van der Waals surface area contributed by atoms with Gasteiger partial charge in [0.2, 0.25) is 5.76 Å². The molecule has 1 aromatic carbocycles. The molecule has 104 valence electrons. The molecule has 20 heavy (non-hydrogen) atoms. The first-order chi connectivity index (χ1) is 9.51. The van der Waals surface area contributed by atoms with Gasteiger partial charge in [0, 0.05) is 6.07 Å². The highest BCUT2D eigenvalue weighted by Gasteiger charge is 2.16. The van der Waals surface area contributed by atoms with Gasteiger partial charge in [-0.2, -0.15) is 0 Å². The van der Waals surface area contributed by atoms with E-state index in [-0.39, 0.29) is 23.0 Å². The van der Waals surface area contributed by atoms with E-state index >= 15 is 0 Å². The molecular weight excluding hydrogens is 269 g/mol. The number of carboxylic acids is 1. The van der Waals surface area contributed by atoms with E-state index in [9.17, 15) is 14.0 Å². The molecule has 0 atom stereocenters. The standard InChI is InChI=1S/C13H10FNO5/c1-19-11-6-7(14)2-3-8(11)15-12(16)9-4-5-10(20-9)13(17)18/h2-6H,1H3,(H,15,16)(H,17,18). The number of furan rings is 1. The van der Waals surface area contributed by atoms with Crippen molar-refractivity contribution in [2.24, 2.45) is 0 Å². The molecule has 0 saturated carbocycles. The molecule has 7 heteroatoms. The maximum atomic E-state index is 13.0. The topological polar surface area (TPSA) is 88.8 Å². The third-order valence-electron chi connectivity index (χ3n) is 2.45. The van der Waals surface area contributed by atoms with Gasteiger partial charge in [0.05, 0.1) is 12.8 Å². The summed E-state index contributed by atoms with van der Waals surface area (Å²) in [5.74, 6) is -2.82. The zero-order chi connectivity index (χ0) is 14.7. The van der Waals surface area contributed by atoms with E-state index in [0.717, 1.165) is 12.1 Å². The smallest absolute Gasteiger partial charge is 0.371 e. The number of amides is 1. The molecule has 0 bridgehead atoms. The van der Waals surface area contributed by atoms with Gasteiger partial charge in [-0.3, -0.25) is 4.79 Å². The molecule has 0 aliphatic heterocycles. The second-order valence-electron chi connectivity index (χ2n) is 3.77. The Morgan fingerprint density at radius 2 is 1.95 bits per heavy atom. The van der Waals surface area contributed by atoms with Gasteiger partial charge in [-0.05, 0) is 24.3 Å². The van der Waals surface area contributed by atoms with E-state index in [0.29, 0.717) is 0 Å². The number of aromatic carboxylic acids is 1. The molecule has 0 aliphatic carbocycles. The van der Waals surface area contributed by atoms with Crippen LogP contribution in [0.1, 0.15) is 21.1 Å². The molecule has 2 rings (SSSR count). The van der Waals surface area contributed by atoms with Crippen LogP contribution in [0.5, 0.6) is 5.75 Å². The first kappa shape index (κ1) is 13.6. The van der Waals surface area contributed by atoms with Gasteiger partial charge >= 0.3 is 5.97 Å². The molecule has 1 amide bonds. The largest absolute Gasteiger partial charge is 0.494 e. The van der Waals surface area contributed by atoms with Crippen molar-refractivity contribution >= 4 is 17.6 Å². The predicted octanol–water partition coefficient (Wildman–Crippen LogP) is 2.38. The van der Waals surface area contributed by atoms with E-state index in [1.54, 1.807) is 0 Å². The Morgan fingerprint density at radius 3 is 2.55 bits per heavy atom. The highest BCUT2D eigenvalue weighted by Crippen LogP contribution is 2.25. The summed E-state index contributed by atoms with van der Waals surface area (Å²) < 4.78 is 22.8. The number of anilines is 1. The third kappa shape index (κ3) is 2.77. The summed E-state index contributed by atoms with van der Waals surface area (Å²) in [5.41, 5.74) is 0.243. The molecule has 0 fully saturated rings. The van der Waals surface area contributed by atoms with Crippen molar-refractivity contribution in [3.8, 4) is 5.75 Å². The quantitative estimate of drug-likeness (QED) is 0.896. The minimum atomic E-state index is -1.27. The summed E-state index contributed by atoms with van der Waals surface area (Å²) in [7, 11) is 1.33. The van der Waals surface area contributed by atoms with Crippen LogP contribution in [0.2, 0.25) is 0 Å². The Kier molecular flexibility index (Phi) is 3.69. The minimum absolute atomic E-state index is 0.142. The summed E-state index contributed by atoms with van der Waals surface area (Å²) in [6, 6.07) is 5.99. The minimum Gasteiger partial charge on any atom is -0.494 e. The maximum Gasteiger partial charge on any atom is 0.371 e. The number of nitrogens with one attached hydrogen (secondary N) is 1. The van der Waals surface area contributed by atoms with E-state index in [1.165, 1.54) is 25.3 Å². The summed E-state index contributed by atoms with van der Waals surface area (Å²) in [6.45, 7) is 0.